The summed E-state index contributed by atoms with van der Waals surface area (Å²) in [6.07, 6.45) is 1.56. The molecule has 0 spiro atoms. The Labute approximate surface area is 170 Å². The summed E-state index contributed by atoms with van der Waals surface area (Å²) in [7, 11) is -3.71. The smallest absolute Gasteiger partial charge is 0.268 e. The molecule has 0 amide bonds. The van der Waals surface area contributed by atoms with Gasteiger partial charge >= 0.3 is 0 Å². The first-order valence-electron chi connectivity index (χ1n) is 9.80. The Morgan fingerprint density at radius 2 is 1.76 bits per heavy atom. The third-order valence-electron chi connectivity index (χ3n) is 5.60. The van der Waals surface area contributed by atoms with E-state index < -0.39 is 10.0 Å². The molecule has 1 aliphatic heterocycles. The molecule has 1 aromatic heterocycles. The van der Waals surface area contributed by atoms with E-state index in [1.807, 2.05) is 49.4 Å². The molecule has 3 aromatic carbocycles. The summed E-state index contributed by atoms with van der Waals surface area (Å²) in [6, 6.07) is 23.0. The number of nitrogens with one attached hydrogen (secondary N) is 1. The zero-order chi connectivity index (χ0) is 20.0. The number of rotatable bonds is 4. The van der Waals surface area contributed by atoms with Crippen molar-refractivity contribution in [1.29, 1.82) is 0 Å². The summed E-state index contributed by atoms with van der Waals surface area (Å²) >= 11 is 0. The molecule has 0 aliphatic carbocycles. The van der Waals surface area contributed by atoms with Crippen LogP contribution in [0.15, 0.2) is 77.7 Å². The van der Waals surface area contributed by atoms with E-state index in [-0.39, 0.29) is 0 Å². The Balaban J connectivity index is 1.69. The van der Waals surface area contributed by atoms with Crippen LogP contribution in [0.5, 0.6) is 0 Å². The largest absolute Gasteiger partial charge is 0.384 e. The van der Waals surface area contributed by atoms with Gasteiger partial charge in [0.05, 0.1) is 10.4 Å². The van der Waals surface area contributed by atoms with Crippen molar-refractivity contribution in [3.05, 3.63) is 95.2 Å². The molecule has 4 aromatic rings. The van der Waals surface area contributed by atoms with Crippen LogP contribution in [-0.4, -0.2) is 18.9 Å². The van der Waals surface area contributed by atoms with Crippen molar-refractivity contribution in [3.63, 3.8) is 0 Å². The van der Waals surface area contributed by atoms with Gasteiger partial charge in [0.1, 0.15) is 0 Å². The van der Waals surface area contributed by atoms with Crippen LogP contribution in [0.1, 0.15) is 22.4 Å². The summed E-state index contributed by atoms with van der Waals surface area (Å²) in [5.41, 5.74) is 6.09. The third-order valence-corrected chi connectivity index (χ3v) is 7.38. The Hall–Kier alpha value is -3.05. The molecule has 0 saturated carbocycles. The summed E-state index contributed by atoms with van der Waals surface area (Å²) in [5.74, 6) is 0. The van der Waals surface area contributed by atoms with Crippen molar-refractivity contribution in [2.75, 3.05) is 11.9 Å². The second-order valence-corrected chi connectivity index (χ2v) is 9.37. The number of aromatic nitrogens is 1. The van der Waals surface area contributed by atoms with Crippen LogP contribution in [0.4, 0.5) is 5.69 Å². The summed E-state index contributed by atoms with van der Waals surface area (Å²) in [4.78, 5) is 0.308. The molecule has 146 valence electrons. The van der Waals surface area contributed by atoms with Gasteiger partial charge in [-0.05, 0) is 48.7 Å². The normalized spacial score (nSPS) is 13.4. The molecule has 5 rings (SSSR count). The van der Waals surface area contributed by atoms with E-state index >= 15 is 0 Å². The van der Waals surface area contributed by atoms with Gasteiger partial charge in [-0.25, -0.2) is 12.4 Å². The minimum absolute atomic E-state index is 0.308. The molecule has 5 heteroatoms. The molecule has 0 fully saturated rings. The second kappa shape index (κ2) is 6.78. The first-order chi connectivity index (χ1) is 14.0. The topological polar surface area (TPSA) is 51.1 Å². The van der Waals surface area contributed by atoms with E-state index in [1.54, 1.807) is 12.1 Å². The minimum Gasteiger partial charge on any atom is -0.384 e. The highest BCUT2D eigenvalue weighted by Gasteiger charge is 2.24. The molecule has 29 heavy (non-hydrogen) atoms. The maximum Gasteiger partial charge on any atom is 0.268 e. The average Bonchev–Trinajstić information content (AvgIpc) is 3.33. The van der Waals surface area contributed by atoms with Crippen molar-refractivity contribution in [3.8, 4) is 0 Å². The van der Waals surface area contributed by atoms with Crippen LogP contribution in [0.3, 0.4) is 0 Å². The predicted octanol–water partition coefficient (Wildman–Crippen LogP) is 4.75. The fraction of sp³-hybridized carbons (Fsp3) is 0.167. The first-order valence-corrected chi connectivity index (χ1v) is 11.2. The quantitative estimate of drug-likeness (QED) is 0.536. The molecule has 4 nitrogen and oxygen atoms in total. The molecule has 1 aliphatic rings. The molecule has 1 N–H and O–H groups in total. The first kappa shape index (κ1) is 18.0. The summed E-state index contributed by atoms with van der Waals surface area (Å²) in [6.45, 7) is 2.88. The van der Waals surface area contributed by atoms with Crippen LogP contribution >= 0.6 is 0 Å². The van der Waals surface area contributed by atoms with Gasteiger partial charge in [0, 0.05) is 29.7 Å². The molecule has 2 heterocycles. The second-order valence-electron chi connectivity index (χ2n) is 7.58. The lowest BCUT2D eigenvalue weighted by Gasteiger charge is -2.14. The van der Waals surface area contributed by atoms with E-state index in [0.717, 1.165) is 40.9 Å². The number of para-hydroxylation sites is 2. The fourth-order valence-electron chi connectivity index (χ4n) is 4.16. The number of fused-ring (bicyclic) bond motifs is 2. The lowest BCUT2D eigenvalue weighted by Crippen LogP contribution is -2.16. The van der Waals surface area contributed by atoms with Gasteiger partial charge < -0.3 is 5.32 Å². The zero-order valence-corrected chi connectivity index (χ0v) is 17.0. The number of hydrogen-bond donors (Lipinski definition) is 1. The molecular formula is C24H22N2O2S. The van der Waals surface area contributed by atoms with Crippen LogP contribution in [0, 0.1) is 6.92 Å². The van der Waals surface area contributed by atoms with Crippen LogP contribution in [0.2, 0.25) is 0 Å². The summed E-state index contributed by atoms with van der Waals surface area (Å²) < 4.78 is 28.7. The maximum absolute atomic E-state index is 13.6. The van der Waals surface area contributed by atoms with Gasteiger partial charge in [-0.3, -0.25) is 0 Å². The standard InChI is InChI=1S/C24H22N2O2S/c1-17-9-11-22(12-10-17)29(27,28)26-21(15-19-5-2-3-8-23(19)26)16-20-7-4-6-18-13-14-25-24(18)20/h2-12,15,25H,13-14,16H2,1H3. The van der Waals surface area contributed by atoms with Crippen LogP contribution in [-0.2, 0) is 22.9 Å². The fourth-order valence-corrected chi connectivity index (χ4v) is 5.71. The van der Waals surface area contributed by atoms with Crippen molar-refractivity contribution < 1.29 is 8.42 Å². The van der Waals surface area contributed by atoms with E-state index in [2.05, 4.69) is 23.5 Å². The van der Waals surface area contributed by atoms with Crippen molar-refractivity contribution in [1.82, 2.24) is 3.97 Å². The number of nitrogens with zero attached hydrogens (tertiary/aromatic N) is 1. The van der Waals surface area contributed by atoms with E-state index in [0.29, 0.717) is 16.8 Å². The van der Waals surface area contributed by atoms with Crippen molar-refractivity contribution >= 4 is 26.6 Å². The van der Waals surface area contributed by atoms with Gasteiger partial charge in [-0.2, -0.15) is 0 Å². The Morgan fingerprint density at radius 1 is 0.966 bits per heavy atom. The summed E-state index contributed by atoms with van der Waals surface area (Å²) in [5, 5.41) is 4.39. The highest BCUT2D eigenvalue weighted by molar-refractivity contribution is 7.90. The molecule has 0 radical (unpaired) electrons. The monoisotopic (exact) mass is 402 g/mol. The van der Waals surface area contributed by atoms with Gasteiger partial charge in [-0.15, -0.1) is 0 Å². The van der Waals surface area contributed by atoms with Gasteiger partial charge in [0.15, 0.2) is 0 Å². The average molecular weight is 403 g/mol. The van der Waals surface area contributed by atoms with Gasteiger partial charge in [0.2, 0.25) is 0 Å². The van der Waals surface area contributed by atoms with Crippen molar-refractivity contribution in [2.45, 2.75) is 24.7 Å². The SMILES string of the molecule is Cc1ccc(S(=O)(=O)n2c(Cc3cccc4c3NCC4)cc3ccccc32)cc1. The maximum atomic E-state index is 13.6. The zero-order valence-electron chi connectivity index (χ0n) is 16.2. The highest BCUT2D eigenvalue weighted by atomic mass is 32.2. The lowest BCUT2D eigenvalue weighted by molar-refractivity contribution is 0.587. The molecule has 0 unspecified atom stereocenters. The number of aryl methyl sites for hydroxylation is 1. The number of benzene rings is 3. The molecule has 0 bridgehead atoms. The van der Waals surface area contributed by atoms with Crippen LogP contribution in [0.25, 0.3) is 10.9 Å². The minimum atomic E-state index is -3.71. The highest BCUT2D eigenvalue weighted by Crippen LogP contribution is 2.32. The number of hydrogen-bond acceptors (Lipinski definition) is 3. The third kappa shape index (κ3) is 3.02. The van der Waals surface area contributed by atoms with E-state index in [9.17, 15) is 8.42 Å². The van der Waals surface area contributed by atoms with Gasteiger partial charge in [-0.1, -0.05) is 54.1 Å². The Bertz CT molecular complexity index is 1320. The van der Waals surface area contributed by atoms with Gasteiger partial charge in [0.25, 0.3) is 10.0 Å². The molecule has 0 atom stereocenters. The predicted molar refractivity (Wildman–Crippen MR) is 117 cm³/mol. The number of anilines is 1. The van der Waals surface area contributed by atoms with Crippen molar-refractivity contribution in [2.24, 2.45) is 0 Å². The lowest BCUT2D eigenvalue weighted by atomic mass is 10.0. The molecule has 0 saturated heterocycles. The molecular weight excluding hydrogens is 380 g/mol. The van der Waals surface area contributed by atoms with E-state index in [4.69, 9.17) is 0 Å². The van der Waals surface area contributed by atoms with E-state index in [1.165, 1.54) is 9.54 Å². The van der Waals surface area contributed by atoms with Crippen LogP contribution < -0.4 is 5.32 Å². The Morgan fingerprint density at radius 3 is 2.59 bits per heavy atom. The Kier molecular flexibility index (Phi) is 4.21.